The molecule has 2 aliphatic rings. The zero-order chi connectivity index (χ0) is 6.10. The molecular formula is C8H13N. The second-order valence-electron chi connectivity index (χ2n) is 3.18. The minimum Gasteiger partial charge on any atom is -0.241 e. The molecule has 1 aliphatic heterocycles. The molecule has 2 radical (unpaired) electrons. The first-order valence-corrected chi connectivity index (χ1v) is 3.93. The summed E-state index contributed by atoms with van der Waals surface area (Å²) < 4.78 is 0. The van der Waals surface area contributed by atoms with Crippen molar-refractivity contribution in [2.24, 2.45) is 11.8 Å². The van der Waals surface area contributed by atoms with Crippen molar-refractivity contribution in [2.75, 3.05) is 13.1 Å². The third-order valence-corrected chi connectivity index (χ3v) is 2.56. The summed E-state index contributed by atoms with van der Waals surface area (Å²) >= 11 is 0. The minimum atomic E-state index is 0.874. The summed E-state index contributed by atoms with van der Waals surface area (Å²) in [6.45, 7) is 2.28. The first-order chi connectivity index (χ1) is 4.47. The fourth-order valence-electron chi connectivity index (χ4n) is 1.96. The maximum Gasteiger partial charge on any atom is 0.0167 e. The fraction of sp³-hybridized carbons (Fsp3) is 0.875. The van der Waals surface area contributed by atoms with Crippen LogP contribution < -0.4 is 5.32 Å². The van der Waals surface area contributed by atoms with E-state index in [9.17, 15) is 0 Å². The molecule has 1 nitrogen and oxygen atoms in total. The van der Waals surface area contributed by atoms with Gasteiger partial charge < -0.3 is 0 Å². The van der Waals surface area contributed by atoms with Gasteiger partial charge in [0, 0.05) is 13.1 Å². The second-order valence-corrected chi connectivity index (χ2v) is 3.18. The van der Waals surface area contributed by atoms with Crippen molar-refractivity contribution in [2.45, 2.75) is 19.3 Å². The highest BCUT2D eigenvalue weighted by atomic mass is 14.9. The predicted octanol–water partition coefficient (Wildman–Crippen LogP) is 1.22. The van der Waals surface area contributed by atoms with Crippen molar-refractivity contribution in [3.63, 3.8) is 0 Å². The predicted molar refractivity (Wildman–Crippen MR) is 37.0 cm³/mol. The van der Waals surface area contributed by atoms with Crippen LogP contribution in [0.5, 0.6) is 0 Å². The average Bonchev–Trinajstić information content (AvgIpc) is 2.33. The van der Waals surface area contributed by atoms with Gasteiger partial charge in [-0.1, -0.05) is 6.42 Å². The third-order valence-electron chi connectivity index (χ3n) is 2.56. The van der Waals surface area contributed by atoms with E-state index in [1.165, 1.54) is 19.3 Å². The SMILES string of the molecule is [CH]1CCCC2C[N]CC12. The minimum absolute atomic E-state index is 0.874. The standard InChI is InChI=1S/C8H13N/c1-2-4-8-6-9-5-7(8)3-1/h3,7-8H,1-2,4-6H2. The molecule has 50 valence electrons. The maximum atomic E-state index is 4.40. The molecule has 0 aromatic rings. The lowest BCUT2D eigenvalue weighted by atomic mass is 9.82. The van der Waals surface area contributed by atoms with Gasteiger partial charge in [-0.3, -0.25) is 0 Å². The topological polar surface area (TPSA) is 14.1 Å². The Morgan fingerprint density at radius 2 is 2.33 bits per heavy atom. The molecule has 0 amide bonds. The second kappa shape index (κ2) is 2.30. The molecule has 2 unspecified atom stereocenters. The number of hydrogen-bond acceptors (Lipinski definition) is 0. The highest BCUT2D eigenvalue weighted by Crippen LogP contribution is 2.31. The first kappa shape index (κ1) is 5.72. The van der Waals surface area contributed by atoms with Crippen LogP contribution in [0.4, 0.5) is 0 Å². The lowest BCUT2D eigenvalue weighted by Crippen LogP contribution is -2.17. The Morgan fingerprint density at radius 3 is 3.22 bits per heavy atom. The van der Waals surface area contributed by atoms with Crippen molar-refractivity contribution in [3.8, 4) is 0 Å². The molecule has 0 spiro atoms. The van der Waals surface area contributed by atoms with E-state index in [0.717, 1.165) is 24.9 Å². The van der Waals surface area contributed by atoms with Gasteiger partial charge in [0.1, 0.15) is 0 Å². The van der Waals surface area contributed by atoms with Gasteiger partial charge in [0.05, 0.1) is 0 Å². The zero-order valence-corrected chi connectivity index (χ0v) is 5.71. The van der Waals surface area contributed by atoms with Gasteiger partial charge in [-0.05, 0) is 31.1 Å². The highest BCUT2D eigenvalue weighted by molar-refractivity contribution is 4.93. The Bertz CT molecular complexity index is 88.7. The molecule has 0 aromatic carbocycles. The van der Waals surface area contributed by atoms with Crippen molar-refractivity contribution in [3.05, 3.63) is 6.42 Å². The molecule has 1 heterocycles. The Kier molecular flexibility index (Phi) is 1.46. The summed E-state index contributed by atoms with van der Waals surface area (Å²) in [5.41, 5.74) is 0. The van der Waals surface area contributed by atoms with Crippen LogP contribution in [-0.4, -0.2) is 13.1 Å². The summed E-state index contributed by atoms with van der Waals surface area (Å²) in [7, 11) is 0. The molecule has 1 saturated heterocycles. The lowest BCUT2D eigenvalue weighted by molar-refractivity contribution is 0.368. The van der Waals surface area contributed by atoms with Gasteiger partial charge >= 0.3 is 0 Å². The first-order valence-electron chi connectivity index (χ1n) is 3.93. The number of hydrogen-bond donors (Lipinski definition) is 0. The fourth-order valence-corrected chi connectivity index (χ4v) is 1.96. The summed E-state index contributed by atoms with van der Waals surface area (Å²) in [6.07, 6.45) is 6.67. The maximum absolute atomic E-state index is 4.40. The highest BCUT2D eigenvalue weighted by Gasteiger charge is 2.29. The number of fused-ring (bicyclic) bond motifs is 1. The Morgan fingerprint density at radius 1 is 1.33 bits per heavy atom. The van der Waals surface area contributed by atoms with E-state index >= 15 is 0 Å². The van der Waals surface area contributed by atoms with E-state index in [2.05, 4.69) is 11.7 Å². The van der Waals surface area contributed by atoms with Crippen LogP contribution in [0.3, 0.4) is 0 Å². The molecule has 9 heavy (non-hydrogen) atoms. The van der Waals surface area contributed by atoms with Crippen LogP contribution in [0.15, 0.2) is 0 Å². The molecule has 2 rings (SSSR count). The zero-order valence-electron chi connectivity index (χ0n) is 5.71. The van der Waals surface area contributed by atoms with E-state index in [1.54, 1.807) is 0 Å². The van der Waals surface area contributed by atoms with Gasteiger partial charge in [-0.25, -0.2) is 5.32 Å². The molecule has 0 N–H and O–H groups in total. The Labute approximate surface area is 56.8 Å². The molecule has 0 bridgehead atoms. The smallest absolute Gasteiger partial charge is 0.0167 e. The van der Waals surface area contributed by atoms with Crippen LogP contribution in [0, 0.1) is 18.3 Å². The van der Waals surface area contributed by atoms with Gasteiger partial charge in [0.2, 0.25) is 0 Å². The molecule has 1 heteroatoms. The van der Waals surface area contributed by atoms with Gasteiger partial charge in [-0.2, -0.15) is 0 Å². The molecular weight excluding hydrogens is 110 g/mol. The van der Waals surface area contributed by atoms with Gasteiger partial charge in [0.25, 0.3) is 0 Å². The van der Waals surface area contributed by atoms with E-state index in [4.69, 9.17) is 0 Å². The van der Waals surface area contributed by atoms with Crippen LogP contribution in [0.2, 0.25) is 0 Å². The van der Waals surface area contributed by atoms with E-state index in [0.29, 0.717) is 0 Å². The number of rotatable bonds is 0. The quantitative estimate of drug-likeness (QED) is 0.460. The molecule has 2 atom stereocenters. The summed E-state index contributed by atoms with van der Waals surface area (Å²) in [5.74, 6) is 1.82. The van der Waals surface area contributed by atoms with E-state index < -0.39 is 0 Å². The van der Waals surface area contributed by atoms with Crippen molar-refractivity contribution < 1.29 is 0 Å². The van der Waals surface area contributed by atoms with Crippen LogP contribution >= 0.6 is 0 Å². The van der Waals surface area contributed by atoms with Crippen LogP contribution in [-0.2, 0) is 0 Å². The average molecular weight is 123 g/mol. The summed E-state index contributed by atoms with van der Waals surface area (Å²) in [4.78, 5) is 0. The van der Waals surface area contributed by atoms with Crippen LogP contribution in [0.25, 0.3) is 0 Å². The number of nitrogens with zero attached hydrogens (tertiary/aromatic N) is 1. The Balaban J connectivity index is 1.97. The largest absolute Gasteiger partial charge is 0.241 e. The lowest BCUT2D eigenvalue weighted by Gasteiger charge is -2.22. The third kappa shape index (κ3) is 0.983. The van der Waals surface area contributed by atoms with Gasteiger partial charge in [0.15, 0.2) is 0 Å². The molecule has 1 aliphatic carbocycles. The van der Waals surface area contributed by atoms with Crippen molar-refractivity contribution >= 4 is 0 Å². The van der Waals surface area contributed by atoms with Crippen LogP contribution in [0.1, 0.15) is 19.3 Å². The summed E-state index contributed by atoms with van der Waals surface area (Å²) in [5, 5.41) is 4.40. The molecule has 2 fully saturated rings. The normalized spacial score (nSPS) is 42.7. The van der Waals surface area contributed by atoms with E-state index in [1.807, 2.05) is 0 Å². The Hall–Kier alpha value is -0.0400. The van der Waals surface area contributed by atoms with Crippen molar-refractivity contribution in [1.29, 1.82) is 0 Å². The monoisotopic (exact) mass is 123 g/mol. The van der Waals surface area contributed by atoms with Crippen molar-refractivity contribution in [1.82, 2.24) is 5.32 Å². The van der Waals surface area contributed by atoms with E-state index in [-0.39, 0.29) is 0 Å². The van der Waals surface area contributed by atoms with Gasteiger partial charge in [-0.15, -0.1) is 0 Å². The molecule has 0 aromatic heterocycles. The summed E-state index contributed by atoms with van der Waals surface area (Å²) in [6, 6.07) is 0. The molecule has 1 saturated carbocycles.